The SMILES string of the molecule is CC1CCCC(Nc2nc(Cl)cs2)C1C. The Balaban J connectivity index is 1.99. The number of halogens is 1. The molecule has 1 saturated carbocycles. The molecule has 0 spiro atoms. The largest absolute Gasteiger partial charge is 0.358 e. The second kappa shape index (κ2) is 4.71. The number of hydrogen-bond donors (Lipinski definition) is 1. The summed E-state index contributed by atoms with van der Waals surface area (Å²) in [5.74, 6) is 1.54. The highest BCUT2D eigenvalue weighted by Crippen LogP contribution is 2.32. The average molecular weight is 245 g/mol. The lowest BCUT2D eigenvalue weighted by Crippen LogP contribution is -2.34. The first-order valence-corrected chi connectivity index (χ1v) is 6.80. The van der Waals surface area contributed by atoms with E-state index in [-0.39, 0.29) is 0 Å². The van der Waals surface area contributed by atoms with E-state index in [1.54, 1.807) is 11.3 Å². The summed E-state index contributed by atoms with van der Waals surface area (Å²) >= 11 is 7.39. The fourth-order valence-electron chi connectivity index (χ4n) is 2.26. The summed E-state index contributed by atoms with van der Waals surface area (Å²) in [6.45, 7) is 4.67. The van der Waals surface area contributed by atoms with Crippen LogP contribution in [0.25, 0.3) is 0 Å². The van der Waals surface area contributed by atoms with E-state index in [0.717, 1.165) is 17.0 Å². The van der Waals surface area contributed by atoms with Crippen molar-refractivity contribution < 1.29 is 0 Å². The van der Waals surface area contributed by atoms with Crippen molar-refractivity contribution in [2.24, 2.45) is 11.8 Å². The van der Waals surface area contributed by atoms with Crippen LogP contribution in [0.4, 0.5) is 5.13 Å². The highest BCUT2D eigenvalue weighted by molar-refractivity contribution is 7.14. The molecule has 84 valence electrons. The molecule has 3 atom stereocenters. The molecule has 0 amide bonds. The van der Waals surface area contributed by atoms with E-state index in [4.69, 9.17) is 11.6 Å². The van der Waals surface area contributed by atoms with Gasteiger partial charge in [-0.05, 0) is 18.3 Å². The van der Waals surface area contributed by atoms with Gasteiger partial charge in [0.15, 0.2) is 5.13 Å². The highest BCUT2D eigenvalue weighted by atomic mass is 35.5. The molecule has 4 heteroatoms. The van der Waals surface area contributed by atoms with Gasteiger partial charge in [0.2, 0.25) is 0 Å². The van der Waals surface area contributed by atoms with Crippen LogP contribution in [-0.4, -0.2) is 11.0 Å². The molecule has 1 heterocycles. The second-order valence-corrected chi connectivity index (χ2v) is 5.74. The first-order chi connectivity index (χ1) is 7.16. The standard InChI is InChI=1S/C11H17ClN2S/c1-7-4-3-5-9(8(7)2)13-11-14-10(12)6-15-11/h6-9H,3-5H2,1-2H3,(H,13,14). The molecule has 1 aliphatic carbocycles. The third kappa shape index (κ3) is 2.64. The fourth-order valence-corrected chi connectivity index (χ4v) is 3.17. The van der Waals surface area contributed by atoms with Gasteiger partial charge in [-0.25, -0.2) is 4.98 Å². The summed E-state index contributed by atoms with van der Waals surface area (Å²) in [5.41, 5.74) is 0. The fraction of sp³-hybridized carbons (Fsp3) is 0.727. The van der Waals surface area contributed by atoms with Crippen LogP contribution in [-0.2, 0) is 0 Å². The Morgan fingerprint density at radius 2 is 2.27 bits per heavy atom. The summed E-state index contributed by atoms with van der Waals surface area (Å²) in [6.07, 6.45) is 3.93. The Morgan fingerprint density at radius 1 is 1.47 bits per heavy atom. The van der Waals surface area contributed by atoms with Gasteiger partial charge < -0.3 is 5.32 Å². The van der Waals surface area contributed by atoms with E-state index in [2.05, 4.69) is 24.1 Å². The highest BCUT2D eigenvalue weighted by Gasteiger charge is 2.27. The summed E-state index contributed by atoms with van der Waals surface area (Å²) < 4.78 is 0. The zero-order valence-corrected chi connectivity index (χ0v) is 10.7. The van der Waals surface area contributed by atoms with Gasteiger partial charge in [-0.1, -0.05) is 38.3 Å². The van der Waals surface area contributed by atoms with Crippen LogP contribution < -0.4 is 5.32 Å². The van der Waals surface area contributed by atoms with Crippen LogP contribution in [0.3, 0.4) is 0 Å². The van der Waals surface area contributed by atoms with Crippen molar-refractivity contribution in [1.29, 1.82) is 0 Å². The van der Waals surface area contributed by atoms with Gasteiger partial charge in [0, 0.05) is 11.4 Å². The first kappa shape index (κ1) is 11.2. The molecule has 0 aliphatic heterocycles. The lowest BCUT2D eigenvalue weighted by Gasteiger charge is -2.34. The van der Waals surface area contributed by atoms with Crippen LogP contribution in [0.1, 0.15) is 33.1 Å². The van der Waals surface area contributed by atoms with Crippen LogP contribution >= 0.6 is 22.9 Å². The van der Waals surface area contributed by atoms with Gasteiger partial charge >= 0.3 is 0 Å². The minimum atomic E-state index is 0.566. The Morgan fingerprint density at radius 3 is 2.93 bits per heavy atom. The molecule has 0 radical (unpaired) electrons. The number of hydrogen-bond acceptors (Lipinski definition) is 3. The summed E-state index contributed by atoms with van der Waals surface area (Å²) in [6, 6.07) is 0.566. The van der Waals surface area contributed by atoms with Gasteiger partial charge in [0.25, 0.3) is 0 Å². The van der Waals surface area contributed by atoms with Crippen molar-refractivity contribution in [3.63, 3.8) is 0 Å². The molecule has 1 aromatic rings. The molecule has 2 rings (SSSR count). The Hall–Kier alpha value is -0.280. The Kier molecular flexibility index (Phi) is 3.52. The molecule has 1 aromatic heterocycles. The normalized spacial score (nSPS) is 31.5. The molecular formula is C11H17ClN2S. The molecule has 3 unspecified atom stereocenters. The molecule has 0 saturated heterocycles. The van der Waals surface area contributed by atoms with E-state index >= 15 is 0 Å². The molecular weight excluding hydrogens is 228 g/mol. The monoisotopic (exact) mass is 244 g/mol. The number of nitrogens with zero attached hydrogens (tertiary/aromatic N) is 1. The summed E-state index contributed by atoms with van der Waals surface area (Å²) in [5, 5.41) is 6.94. The number of aromatic nitrogens is 1. The second-order valence-electron chi connectivity index (χ2n) is 4.49. The number of anilines is 1. The summed E-state index contributed by atoms with van der Waals surface area (Å²) in [4.78, 5) is 4.24. The van der Waals surface area contributed by atoms with Crippen molar-refractivity contribution in [1.82, 2.24) is 4.98 Å². The van der Waals surface area contributed by atoms with Crippen molar-refractivity contribution in [3.8, 4) is 0 Å². The van der Waals surface area contributed by atoms with Crippen molar-refractivity contribution >= 4 is 28.1 Å². The van der Waals surface area contributed by atoms with Crippen LogP contribution in [0.15, 0.2) is 5.38 Å². The number of thiazole rings is 1. The molecule has 1 N–H and O–H groups in total. The van der Waals surface area contributed by atoms with Crippen molar-refractivity contribution in [2.75, 3.05) is 5.32 Å². The van der Waals surface area contributed by atoms with Crippen molar-refractivity contribution in [2.45, 2.75) is 39.2 Å². The van der Waals surface area contributed by atoms with Crippen LogP contribution in [0, 0.1) is 11.8 Å². The van der Waals surface area contributed by atoms with Gasteiger partial charge in [0.1, 0.15) is 5.15 Å². The van der Waals surface area contributed by atoms with E-state index in [1.807, 2.05) is 5.38 Å². The molecule has 2 nitrogen and oxygen atoms in total. The Labute approximate surface area is 100 Å². The van der Waals surface area contributed by atoms with E-state index in [9.17, 15) is 0 Å². The lowest BCUT2D eigenvalue weighted by atomic mass is 9.78. The maximum atomic E-state index is 5.80. The number of nitrogens with one attached hydrogen (secondary N) is 1. The maximum Gasteiger partial charge on any atom is 0.184 e. The van der Waals surface area contributed by atoms with E-state index < -0.39 is 0 Å². The first-order valence-electron chi connectivity index (χ1n) is 5.54. The van der Waals surface area contributed by atoms with Crippen LogP contribution in [0.5, 0.6) is 0 Å². The minimum absolute atomic E-state index is 0.566. The Bertz CT molecular complexity index is 326. The molecule has 0 bridgehead atoms. The smallest absolute Gasteiger partial charge is 0.184 e. The lowest BCUT2D eigenvalue weighted by molar-refractivity contribution is 0.253. The number of rotatable bonds is 2. The van der Waals surface area contributed by atoms with Gasteiger partial charge in [-0.2, -0.15) is 0 Å². The zero-order chi connectivity index (χ0) is 10.8. The average Bonchev–Trinajstić information content (AvgIpc) is 2.59. The van der Waals surface area contributed by atoms with Gasteiger partial charge in [-0.3, -0.25) is 0 Å². The molecule has 0 aromatic carbocycles. The van der Waals surface area contributed by atoms with Crippen LogP contribution in [0.2, 0.25) is 5.15 Å². The summed E-state index contributed by atoms with van der Waals surface area (Å²) in [7, 11) is 0. The molecule has 1 fully saturated rings. The van der Waals surface area contributed by atoms with E-state index in [1.165, 1.54) is 19.3 Å². The van der Waals surface area contributed by atoms with Gasteiger partial charge in [0.05, 0.1) is 0 Å². The quantitative estimate of drug-likeness (QED) is 0.850. The third-order valence-corrected chi connectivity index (χ3v) is 4.59. The minimum Gasteiger partial charge on any atom is -0.358 e. The predicted octanol–water partition coefficient (Wildman–Crippen LogP) is 4.03. The van der Waals surface area contributed by atoms with Crippen molar-refractivity contribution in [3.05, 3.63) is 10.5 Å². The van der Waals surface area contributed by atoms with Gasteiger partial charge in [-0.15, -0.1) is 11.3 Å². The topological polar surface area (TPSA) is 24.9 Å². The third-order valence-electron chi connectivity index (χ3n) is 3.49. The molecule has 1 aliphatic rings. The predicted molar refractivity (Wildman–Crippen MR) is 66.7 cm³/mol. The maximum absolute atomic E-state index is 5.80. The van der Waals surface area contributed by atoms with E-state index in [0.29, 0.717) is 11.2 Å². The molecule has 15 heavy (non-hydrogen) atoms. The zero-order valence-electron chi connectivity index (χ0n) is 9.16.